The molecule has 1 saturated heterocycles. The van der Waals surface area contributed by atoms with E-state index in [0.717, 1.165) is 16.9 Å². The van der Waals surface area contributed by atoms with Crippen molar-refractivity contribution in [2.75, 3.05) is 20.2 Å². The van der Waals surface area contributed by atoms with Crippen molar-refractivity contribution in [3.05, 3.63) is 64.7 Å². The number of Topliss-reactive ketones (excluding diaryl/α,β-unsaturated/α-hetero) is 1. The first-order valence-electron chi connectivity index (χ1n) is 9.04. The van der Waals surface area contributed by atoms with Crippen LogP contribution in [-0.2, 0) is 0 Å². The maximum Gasteiger partial charge on any atom is 0.253 e. The normalized spacial score (nSPS) is 15.0. The highest BCUT2D eigenvalue weighted by Crippen LogP contribution is 2.24. The van der Waals surface area contributed by atoms with Gasteiger partial charge in [-0.2, -0.15) is 0 Å². The molecule has 3 rings (SSSR count). The van der Waals surface area contributed by atoms with Gasteiger partial charge in [0.05, 0.1) is 7.11 Å². The second kappa shape index (κ2) is 7.73. The Morgan fingerprint density at radius 2 is 1.54 bits per heavy atom. The van der Waals surface area contributed by atoms with Crippen molar-refractivity contribution in [1.82, 2.24) is 4.90 Å². The molecule has 4 nitrogen and oxygen atoms in total. The van der Waals surface area contributed by atoms with Gasteiger partial charge < -0.3 is 9.64 Å². The van der Waals surface area contributed by atoms with Gasteiger partial charge in [0.25, 0.3) is 5.91 Å². The van der Waals surface area contributed by atoms with Crippen LogP contribution in [0.25, 0.3) is 0 Å². The molecule has 1 aliphatic heterocycles. The molecular formula is C22H25NO3. The number of amides is 1. The summed E-state index contributed by atoms with van der Waals surface area (Å²) in [5.74, 6) is 0.942. The lowest BCUT2D eigenvalue weighted by molar-refractivity contribution is 0.0650. The minimum Gasteiger partial charge on any atom is -0.497 e. The van der Waals surface area contributed by atoms with Gasteiger partial charge in [0, 0.05) is 30.1 Å². The Morgan fingerprint density at radius 1 is 0.923 bits per heavy atom. The van der Waals surface area contributed by atoms with Crippen molar-refractivity contribution in [1.29, 1.82) is 0 Å². The predicted molar refractivity (Wildman–Crippen MR) is 102 cm³/mol. The zero-order valence-electron chi connectivity index (χ0n) is 15.6. The fourth-order valence-electron chi connectivity index (χ4n) is 3.39. The van der Waals surface area contributed by atoms with Crippen molar-refractivity contribution in [2.24, 2.45) is 5.92 Å². The van der Waals surface area contributed by atoms with E-state index in [1.165, 1.54) is 5.56 Å². The van der Waals surface area contributed by atoms with Crippen LogP contribution in [0, 0.1) is 19.8 Å². The summed E-state index contributed by atoms with van der Waals surface area (Å²) in [6, 6.07) is 13.1. The molecule has 0 saturated carbocycles. The van der Waals surface area contributed by atoms with Gasteiger partial charge in [0.1, 0.15) is 5.75 Å². The number of hydrogen-bond donors (Lipinski definition) is 0. The molecule has 0 aromatic heterocycles. The van der Waals surface area contributed by atoms with Crippen molar-refractivity contribution < 1.29 is 14.3 Å². The molecule has 1 fully saturated rings. The number of ketones is 1. The van der Waals surface area contributed by atoms with Crippen LogP contribution >= 0.6 is 0 Å². The smallest absolute Gasteiger partial charge is 0.253 e. The molecular weight excluding hydrogens is 326 g/mol. The van der Waals surface area contributed by atoms with E-state index >= 15 is 0 Å². The Balaban J connectivity index is 1.61. The van der Waals surface area contributed by atoms with E-state index in [2.05, 4.69) is 0 Å². The van der Waals surface area contributed by atoms with E-state index in [-0.39, 0.29) is 17.6 Å². The highest BCUT2D eigenvalue weighted by Gasteiger charge is 2.28. The van der Waals surface area contributed by atoms with Gasteiger partial charge in [-0.1, -0.05) is 6.07 Å². The zero-order valence-corrected chi connectivity index (χ0v) is 15.6. The summed E-state index contributed by atoms with van der Waals surface area (Å²) in [4.78, 5) is 27.3. The molecule has 0 aliphatic carbocycles. The molecule has 0 N–H and O–H groups in total. The molecule has 0 spiro atoms. The van der Waals surface area contributed by atoms with E-state index in [0.29, 0.717) is 31.5 Å². The van der Waals surface area contributed by atoms with Crippen LogP contribution in [0.2, 0.25) is 0 Å². The maximum atomic E-state index is 12.7. The molecule has 4 heteroatoms. The molecule has 136 valence electrons. The van der Waals surface area contributed by atoms with E-state index in [4.69, 9.17) is 4.74 Å². The number of likely N-dealkylation sites (tertiary alicyclic amines) is 1. The van der Waals surface area contributed by atoms with E-state index in [9.17, 15) is 9.59 Å². The molecule has 1 heterocycles. The molecule has 0 unspecified atom stereocenters. The summed E-state index contributed by atoms with van der Waals surface area (Å²) in [5.41, 5.74) is 3.75. The lowest BCUT2D eigenvalue weighted by atomic mass is 9.88. The van der Waals surface area contributed by atoms with Crippen molar-refractivity contribution in [2.45, 2.75) is 26.7 Å². The average molecular weight is 351 g/mol. The molecule has 2 aromatic rings. The Bertz CT molecular complexity index is 803. The number of methoxy groups -OCH3 is 1. The Kier molecular flexibility index (Phi) is 5.40. The monoisotopic (exact) mass is 351 g/mol. The third-order valence-corrected chi connectivity index (χ3v) is 5.28. The average Bonchev–Trinajstić information content (AvgIpc) is 2.69. The van der Waals surface area contributed by atoms with Crippen LogP contribution in [0.15, 0.2) is 42.5 Å². The van der Waals surface area contributed by atoms with Gasteiger partial charge in [-0.15, -0.1) is 0 Å². The predicted octanol–water partition coefficient (Wildman–Crippen LogP) is 4.05. The number of carbonyl (C=O) groups excluding carboxylic acids is 2. The first-order valence-corrected chi connectivity index (χ1v) is 9.04. The summed E-state index contributed by atoms with van der Waals surface area (Å²) in [7, 11) is 1.61. The fourth-order valence-corrected chi connectivity index (χ4v) is 3.39. The van der Waals surface area contributed by atoms with Crippen molar-refractivity contribution >= 4 is 11.7 Å². The molecule has 1 aliphatic rings. The number of aryl methyl sites for hydroxylation is 2. The van der Waals surface area contributed by atoms with Crippen LogP contribution < -0.4 is 4.74 Å². The lowest BCUT2D eigenvalue weighted by Gasteiger charge is -2.31. The molecule has 1 amide bonds. The standard InChI is InChI=1S/C22H25NO3/c1-15-4-5-19(14-16(15)2)22(25)23-12-10-18(11-13-23)21(24)17-6-8-20(26-3)9-7-17/h4-9,14,18H,10-13H2,1-3H3. The summed E-state index contributed by atoms with van der Waals surface area (Å²) in [6.07, 6.45) is 1.42. The highest BCUT2D eigenvalue weighted by molar-refractivity contribution is 5.98. The molecule has 2 aromatic carbocycles. The first-order chi connectivity index (χ1) is 12.5. The van der Waals surface area contributed by atoms with Gasteiger partial charge in [0.15, 0.2) is 5.78 Å². The van der Waals surface area contributed by atoms with Crippen LogP contribution in [0.4, 0.5) is 0 Å². The Morgan fingerprint density at radius 3 is 2.12 bits per heavy atom. The largest absolute Gasteiger partial charge is 0.497 e. The molecule has 0 bridgehead atoms. The number of piperidine rings is 1. The zero-order chi connectivity index (χ0) is 18.7. The van der Waals surface area contributed by atoms with E-state index in [1.807, 2.05) is 61.2 Å². The number of rotatable bonds is 4. The van der Waals surface area contributed by atoms with Crippen LogP contribution in [0.5, 0.6) is 5.75 Å². The number of nitrogens with zero attached hydrogens (tertiary/aromatic N) is 1. The van der Waals surface area contributed by atoms with E-state index < -0.39 is 0 Å². The van der Waals surface area contributed by atoms with Crippen molar-refractivity contribution in [3.63, 3.8) is 0 Å². The Labute approximate surface area is 154 Å². The maximum absolute atomic E-state index is 12.7. The number of ether oxygens (including phenoxy) is 1. The third-order valence-electron chi connectivity index (χ3n) is 5.28. The van der Waals surface area contributed by atoms with Crippen LogP contribution in [0.3, 0.4) is 0 Å². The number of benzene rings is 2. The highest BCUT2D eigenvalue weighted by atomic mass is 16.5. The Hall–Kier alpha value is -2.62. The van der Waals surface area contributed by atoms with Crippen molar-refractivity contribution in [3.8, 4) is 5.75 Å². The van der Waals surface area contributed by atoms with Gasteiger partial charge in [-0.25, -0.2) is 0 Å². The summed E-state index contributed by atoms with van der Waals surface area (Å²) in [5, 5.41) is 0. The van der Waals surface area contributed by atoms with Gasteiger partial charge >= 0.3 is 0 Å². The minimum absolute atomic E-state index is 0.0211. The van der Waals surface area contributed by atoms with Gasteiger partial charge in [-0.3, -0.25) is 9.59 Å². The minimum atomic E-state index is -0.0211. The summed E-state index contributed by atoms with van der Waals surface area (Å²) >= 11 is 0. The number of hydrogen-bond acceptors (Lipinski definition) is 3. The SMILES string of the molecule is COc1ccc(C(=O)C2CCN(C(=O)c3ccc(C)c(C)c3)CC2)cc1. The second-order valence-corrected chi connectivity index (χ2v) is 6.96. The van der Waals surface area contributed by atoms with Gasteiger partial charge in [0.2, 0.25) is 0 Å². The number of carbonyl (C=O) groups is 2. The first kappa shape index (κ1) is 18.2. The van der Waals surface area contributed by atoms with Gasteiger partial charge in [-0.05, 0) is 74.2 Å². The lowest BCUT2D eigenvalue weighted by Crippen LogP contribution is -2.40. The molecule has 26 heavy (non-hydrogen) atoms. The second-order valence-electron chi connectivity index (χ2n) is 6.96. The quantitative estimate of drug-likeness (QED) is 0.781. The third kappa shape index (κ3) is 3.79. The molecule has 0 radical (unpaired) electrons. The van der Waals surface area contributed by atoms with Crippen LogP contribution in [0.1, 0.15) is 44.7 Å². The summed E-state index contributed by atoms with van der Waals surface area (Å²) in [6.45, 7) is 5.31. The summed E-state index contributed by atoms with van der Waals surface area (Å²) < 4.78 is 5.14. The molecule has 0 atom stereocenters. The van der Waals surface area contributed by atoms with E-state index in [1.54, 1.807) is 7.11 Å². The topological polar surface area (TPSA) is 46.6 Å². The fraction of sp³-hybridized carbons (Fsp3) is 0.364. The van der Waals surface area contributed by atoms with Crippen LogP contribution in [-0.4, -0.2) is 36.8 Å².